The van der Waals surface area contributed by atoms with Gasteiger partial charge in [-0.3, -0.25) is 18.9 Å². The van der Waals surface area contributed by atoms with Crippen LogP contribution in [0.3, 0.4) is 0 Å². The highest BCUT2D eigenvalue weighted by atomic mass is 32.2. The van der Waals surface area contributed by atoms with Crippen LogP contribution in [0.4, 0.5) is 8.78 Å². The van der Waals surface area contributed by atoms with Gasteiger partial charge in [-0.15, -0.1) is 0 Å². The van der Waals surface area contributed by atoms with E-state index in [1.807, 2.05) is 0 Å². The van der Waals surface area contributed by atoms with Crippen molar-refractivity contribution < 1.29 is 50.3 Å². The lowest BCUT2D eigenvalue weighted by Gasteiger charge is -2.39. The van der Waals surface area contributed by atoms with Crippen molar-refractivity contribution in [2.24, 2.45) is 17.8 Å². The van der Waals surface area contributed by atoms with Gasteiger partial charge in [-0.1, -0.05) is 6.42 Å². The largest absolute Gasteiger partial charge is 0.458 e. The van der Waals surface area contributed by atoms with Gasteiger partial charge in [-0.05, 0) is 33.6 Å². The highest BCUT2D eigenvalue weighted by molar-refractivity contribution is 7.86. The Kier molecular flexibility index (Phi) is 5.33. The zero-order valence-electron chi connectivity index (χ0n) is 17.7. The molecule has 6 unspecified atom stereocenters. The highest BCUT2D eigenvalue weighted by Gasteiger charge is 2.74. The molecule has 13 heteroatoms. The lowest BCUT2D eigenvalue weighted by atomic mass is 9.78. The number of hydrogen-bond acceptors (Lipinski definition) is 8. The van der Waals surface area contributed by atoms with E-state index in [9.17, 15) is 31.6 Å². The molecule has 0 aromatic heterocycles. The van der Waals surface area contributed by atoms with Gasteiger partial charge in [0.2, 0.25) is 5.91 Å². The number of rotatable bonds is 6. The molecule has 4 rings (SSSR count). The summed E-state index contributed by atoms with van der Waals surface area (Å²) in [5.41, 5.74) is -0.703. The fourth-order valence-electron chi connectivity index (χ4n) is 5.01. The third-order valence-corrected chi connectivity index (χ3v) is 7.54. The quantitative estimate of drug-likeness (QED) is 0.430. The molecule has 3 aliphatic heterocycles. The molecule has 3 heterocycles. The summed E-state index contributed by atoms with van der Waals surface area (Å²) in [6.07, 6.45) is -0.651. The number of carbonyl (C=O) groups excluding carboxylic acids is 3. The minimum atomic E-state index is -5.80. The maximum absolute atomic E-state index is 13.5. The summed E-state index contributed by atoms with van der Waals surface area (Å²) in [4.78, 5) is 39.9. The molecule has 4 fully saturated rings. The van der Waals surface area contributed by atoms with Gasteiger partial charge in [0.1, 0.15) is 12.0 Å². The van der Waals surface area contributed by atoms with Crippen molar-refractivity contribution in [3.8, 4) is 0 Å². The number of alkyl halides is 2. The summed E-state index contributed by atoms with van der Waals surface area (Å²) in [6.45, 7) is 3.40. The molecule has 1 aliphatic carbocycles. The first kappa shape index (κ1) is 23.3. The molecule has 32 heavy (non-hydrogen) atoms. The summed E-state index contributed by atoms with van der Waals surface area (Å²) in [5, 5.41) is -4.71. The number of likely N-dealkylation sites (tertiary alicyclic amines) is 1. The lowest BCUT2D eigenvalue weighted by molar-refractivity contribution is -0.169. The highest BCUT2D eigenvalue weighted by Crippen LogP contribution is 2.54. The van der Waals surface area contributed by atoms with Crippen molar-refractivity contribution in [1.82, 2.24) is 4.90 Å². The summed E-state index contributed by atoms with van der Waals surface area (Å²) >= 11 is 0. The lowest BCUT2D eigenvalue weighted by Crippen LogP contribution is -2.55. The number of hydrogen-bond donors (Lipinski definition) is 1. The Hall–Kier alpha value is -1.86. The van der Waals surface area contributed by atoms with Gasteiger partial charge in [0, 0.05) is 5.54 Å². The third kappa shape index (κ3) is 3.48. The second-order valence-electron chi connectivity index (χ2n) is 9.74. The molecule has 3 saturated heterocycles. The van der Waals surface area contributed by atoms with E-state index in [4.69, 9.17) is 14.0 Å². The van der Waals surface area contributed by atoms with E-state index in [-0.39, 0.29) is 5.92 Å². The smallest absolute Gasteiger partial charge is 0.402 e. The molecule has 10 nitrogen and oxygen atoms in total. The first-order valence-electron chi connectivity index (χ1n) is 10.4. The molecule has 0 spiro atoms. The van der Waals surface area contributed by atoms with Crippen molar-refractivity contribution in [2.75, 3.05) is 6.61 Å². The fraction of sp³-hybridized carbons (Fsp3) is 0.842. The van der Waals surface area contributed by atoms with Gasteiger partial charge in [0.25, 0.3) is 0 Å². The Labute approximate surface area is 183 Å². The Morgan fingerprint density at radius 2 is 1.81 bits per heavy atom. The van der Waals surface area contributed by atoms with Crippen LogP contribution >= 0.6 is 0 Å². The molecule has 2 bridgehead atoms. The Balaban J connectivity index is 1.59. The van der Waals surface area contributed by atoms with E-state index in [2.05, 4.69) is 4.74 Å². The van der Waals surface area contributed by atoms with Gasteiger partial charge in [-0.2, -0.15) is 17.2 Å². The summed E-state index contributed by atoms with van der Waals surface area (Å²) < 4.78 is 73.3. The van der Waals surface area contributed by atoms with Crippen LogP contribution in [-0.4, -0.2) is 77.5 Å². The van der Waals surface area contributed by atoms with Crippen LogP contribution in [-0.2, 0) is 38.7 Å². The number of ether oxygens (including phenoxy) is 3. The summed E-state index contributed by atoms with van der Waals surface area (Å²) in [7, 11) is -5.80. The van der Waals surface area contributed by atoms with Gasteiger partial charge in [0.15, 0.2) is 12.7 Å². The Morgan fingerprint density at radius 3 is 2.31 bits per heavy atom. The molecule has 6 atom stereocenters. The minimum absolute atomic E-state index is 0.274. The zero-order valence-corrected chi connectivity index (χ0v) is 18.5. The normalized spacial score (nSPS) is 34.6. The summed E-state index contributed by atoms with van der Waals surface area (Å²) in [5.74, 6) is -4.86. The number of esters is 2. The van der Waals surface area contributed by atoms with Crippen molar-refractivity contribution in [3.05, 3.63) is 0 Å². The third-order valence-electron chi connectivity index (χ3n) is 6.67. The van der Waals surface area contributed by atoms with E-state index in [1.165, 1.54) is 4.90 Å². The van der Waals surface area contributed by atoms with Crippen molar-refractivity contribution in [2.45, 2.75) is 75.2 Å². The minimum Gasteiger partial charge on any atom is -0.458 e. The van der Waals surface area contributed by atoms with Gasteiger partial charge in [0.05, 0.1) is 24.0 Å². The first-order chi connectivity index (χ1) is 14.6. The first-order valence-corrected chi connectivity index (χ1v) is 11.8. The fourth-order valence-corrected chi connectivity index (χ4v) is 5.21. The van der Waals surface area contributed by atoms with Crippen LogP contribution < -0.4 is 0 Å². The number of halogens is 2. The number of carbonyl (C=O) groups is 3. The van der Waals surface area contributed by atoms with Crippen LogP contribution in [0, 0.1) is 17.8 Å². The van der Waals surface area contributed by atoms with Crippen LogP contribution in [0.1, 0.15) is 40.0 Å². The average Bonchev–Trinajstić information content (AvgIpc) is 3.19. The molecule has 0 aromatic rings. The second-order valence-corrected chi connectivity index (χ2v) is 11.3. The molecule has 0 radical (unpaired) electrons. The Morgan fingerprint density at radius 1 is 1.19 bits per heavy atom. The number of amides is 1. The molecule has 1 amide bonds. The molecule has 1 N–H and O–H groups in total. The van der Waals surface area contributed by atoms with E-state index in [1.54, 1.807) is 20.8 Å². The molecular weight excluding hydrogens is 456 g/mol. The monoisotopic (exact) mass is 481 g/mol. The second kappa shape index (κ2) is 7.32. The molecular formula is C19H25F2NO9S. The van der Waals surface area contributed by atoms with Crippen molar-refractivity contribution in [3.63, 3.8) is 0 Å². The number of fused-ring (bicyclic) bond motifs is 1. The van der Waals surface area contributed by atoms with Crippen LogP contribution in [0.2, 0.25) is 0 Å². The zero-order chi connectivity index (χ0) is 23.8. The van der Waals surface area contributed by atoms with Gasteiger partial charge >= 0.3 is 27.3 Å². The van der Waals surface area contributed by atoms with E-state index < -0.39 is 81.6 Å². The topological polar surface area (TPSA) is 137 Å². The molecule has 180 valence electrons. The maximum Gasteiger partial charge on any atom is 0.402 e. The van der Waals surface area contributed by atoms with Crippen molar-refractivity contribution >= 4 is 28.0 Å². The van der Waals surface area contributed by atoms with Gasteiger partial charge in [-0.25, -0.2) is 0 Å². The van der Waals surface area contributed by atoms with Crippen LogP contribution in [0.25, 0.3) is 0 Å². The average molecular weight is 481 g/mol. The standard InChI is InChI=1S/C19H25F2NO9S/c1-18(2,3)22-11-12-9(15(22)23)10(17(25)29-7-19(20,21)32(26,27)28)13(30-12)14(11)31-16(24)8-5-4-6-8/h8-14H,4-7H2,1-3H3,(H,26,27,28). The van der Waals surface area contributed by atoms with Crippen LogP contribution in [0.5, 0.6) is 0 Å². The van der Waals surface area contributed by atoms with E-state index >= 15 is 0 Å². The molecule has 1 saturated carbocycles. The Bertz CT molecular complexity index is 943. The van der Waals surface area contributed by atoms with Crippen LogP contribution in [0.15, 0.2) is 0 Å². The molecule has 4 aliphatic rings. The maximum atomic E-state index is 13.5. The molecule has 0 aromatic carbocycles. The predicted molar refractivity (Wildman–Crippen MR) is 101 cm³/mol. The van der Waals surface area contributed by atoms with E-state index in [0.717, 1.165) is 6.42 Å². The number of nitrogens with zero attached hydrogens (tertiary/aromatic N) is 1. The van der Waals surface area contributed by atoms with Gasteiger partial charge < -0.3 is 19.1 Å². The SMILES string of the molecule is CC(C)(C)N1C(=O)C2C3OC(C(OC(=O)C4CCC4)C31)C2C(=O)OCC(F)(F)S(=O)(=O)O. The van der Waals surface area contributed by atoms with E-state index in [0.29, 0.717) is 12.8 Å². The summed E-state index contributed by atoms with van der Waals surface area (Å²) in [6, 6.07) is -0.634. The van der Waals surface area contributed by atoms with Crippen molar-refractivity contribution in [1.29, 1.82) is 0 Å². The predicted octanol–water partition coefficient (Wildman–Crippen LogP) is 0.745.